The summed E-state index contributed by atoms with van der Waals surface area (Å²) in [6.07, 6.45) is -0.826. The molecule has 1 amide bonds. The van der Waals surface area contributed by atoms with E-state index in [9.17, 15) is 9.59 Å². The molecule has 0 aromatic rings. The summed E-state index contributed by atoms with van der Waals surface area (Å²) in [5, 5.41) is 20.6. The lowest BCUT2D eigenvalue weighted by Crippen LogP contribution is -2.40. The first-order valence-corrected chi connectivity index (χ1v) is 4.52. The highest BCUT2D eigenvalue weighted by Gasteiger charge is 2.39. The molecule has 0 unspecified atom stereocenters. The molecule has 14 heavy (non-hydrogen) atoms. The standard InChI is InChI=1S/C8H14N2O4/c1-2-9-5-3-6(7(11)12)10(4-5)8(13)14/h5-6,9H,2-4H2,1H3,(H,11,12)(H,13,14)/t5-,6+/m1/s1. The quantitative estimate of drug-likeness (QED) is 0.589. The molecule has 3 N–H and O–H groups in total. The van der Waals surface area contributed by atoms with E-state index in [2.05, 4.69) is 5.32 Å². The van der Waals surface area contributed by atoms with Crippen molar-refractivity contribution in [1.29, 1.82) is 0 Å². The first kappa shape index (κ1) is 10.8. The summed E-state index contributed by atoms with van der Waals surface area (Å²) in [5.41, 5.74) is 0. The molecule has 1 heterocycles. The molecule has 1 rings (SSSR count). The summed E-state index contributed by atoms with van der Waals surface area (Å²) in [7, 11) is 0. The van der Waals surface area contributed by atoms with Crippen LogP contribution in [0.4, 0.5) is 4.79 Å². The summed E-state index contributed by atoms with van der Waals surface area (Å²) >= 11 is 0. The molecule has 2 atom stereocenters. The number of likely N-dealkylation sites (N-methyl/N-ethyl adjacent to an activating group) is 1. The number of hydrogen-bond acceptors (Lipinski definition) is 3. The Labute approximate surface area is 81.5 Å². The second kappa shape index (κ2) is 4.28. The molecule has 6 nitrogen and oxygen atoms in total. The van der Waals surface area contributed by atoms with E-state index in [4.69, 9.17) is 10.2 Å². The van der Waals surface area contributed by atoms with Crippen LogP contribution in [0.3, 0.4) is 0 Å². The van der Waals surface area contributed by atoms with E-state index in [0.29, 0.717) is 13.0 Å². The molecule has 80 valence electrons. The van der Waals surface area contributed by atoms with Gasteiger partial charge < -0.3 is 15.5 Å². The number of rotatable bonds is 3. The SMILES string of the molecule is CCN[C@@H]1C[C@@H](C(=O)O)N(C(=O)O)C1. The molecule has 6 heteroatoms. The number of amides is 1. The largest absolute Gasteiger partial charge is 0.480 e. The van der Waals surface area contributed by atoms with Gasteiger partial charge in [-0.3, -0.25) is 4.90 Å². The molecule has 0 aliphatic carbocycles. The Balaban J connectivity index is 2.65. The zero-order chi connectivity index (χ0) is 10.7. The van der Waals surface area contributed by atoms with Crippen LogP contribution >= 0.6 is 0 Å². The molecule has 0 aromatic carbocycles. The van der Waals surface area contributed by atoms with Crippen LogP contribution in [0.2, 0.25) is 0 Å². The number of hydrogen-bond donors (Lipinski definition) is 3. The highest BCUT2D eigenvalue weighted by Crippen LogP contribution is 2.18. The van der Waals surface area contributed by atoms with E-state index < -0.39 is 18.1 Å². The summed E-state index contributed by atoms with van der Waals surface area (Å²) in [5.74, 6) is -1.08. The molecule has 0 radical (unpaired) electrons. The van der Waals surface area contributed by atoms with Gasteiger partial charge in [0.25, 0.3) is 0 Å². The van der Waals surface area contributed by atoms with Crippen LogP contribution in [0, 0.1) is 0 Å². The van der Waals surface area contributed by atoms with Crippen molar-refractivity contribution < 1.29 is 19.8 Å². The minimum absolute atomic E-state index is 0.0443. The van der Waals surface area contributed by atoms with E-state index in [-0.39, 0.29) is 12.6 Å². The smallest absolute Gasteiger partial charge is 0.408 e. The fraction of sp³-hybridized carbons (Fsp3) is 0.750. The average molecular weight is 202 g/mol. The van der Waals surface area contributed by atoms with Crippen LogP contribution in [0.1, 0.15) is 13.3 Å². The highest BCUT2D eigenvalue weighted by atomic mass is 16.4. The fourth-order valence-electron chi connectivity index (χ4n) is 1.72. The maximum Gasteiger partial charge on any atom is 0.408 e. The third-order valence-electron chi connectivity index (χ3n) is 2.32. The first-order valence-electron chi connectivity index (χ1n) is 4.52. The van der Waals surface area contributed by atoms with Gasteiger partial charge in [0, 0.05) is 12.6 Å². The number of likely N-dealkylation sites (tertiary alicyclic amines) is 1. The lowest BCUT2D eigenvalue weighted by Gasteiger charge is -2.16. The van der Waals surface area contributed by atoms with Gasteiger partial charge in [-0.15, -0.1) is 0 Å². The number of carboxylic acids is 1. The number of nitrogens with zero attached hydrogens (tertiary/aromatic N) is 1. The van der Waals surface area contributed by atoms with Gasteiger partial charge in [0.1, 0.15) is 6.04 Å². The van der Waals surface area contributed by atoms with Crippen LogP contribution in [0.25, 0.3) is 0 Å². The van der Waals surface area contributed by atoms with Crippen molar-refractivity contribution in [2.75, 3.05) is 13.1 Å². The molecule has 0 saturated carbocycles. The zero-order valence-corrected chi connectivity index (χ0v) is 7.93. The Morgan fingerprint density at radius 2 is 2.14 bits per heavy atom. The van der Waals surface area contributed by atoms with Crippen LogP contribution < -0.4 is 5.32 Å². The van der Waals surface area contributed by atoms with Crippen LogP contribution in [-0.2, 0) is 4.79 Å². The Morgan fingerprint density at radius 1 is 1.50 bits per heavy atom. The van der Waals surface area contributed by atoms with Gasteiger partial charge in [-0.1, -0.05) is 6.92 Å². The second-order valence-electron chi connectivity index (χ2n) is 3.28. The van der Waals surface area contributed by atoms with Crippen molar-refractivity contribution in [3.63, 3.8) is 0 Å². The maximum absolute atomic E-state index is 10.7. The molecule has 0 aromatic heterocycles. The Morgan fingerprint density at radius 3 is 2.50 bits per heavy atom. The third kappa shape index (κ3) is 2.14. The van der Waals surface area contributed by atoms with Gasteiger partial charge in [0.15, 0.2) is 0 Å². The van der Waals surface area contributed by atoms with Crippen molar-refractivity contribution in [3.05, 3.63) is 0 Å². The molecule has 1 aliphatic heterocycles. The lowest BCUT2D eigenvalue weighted by molar-refractivity contribution is -0.141. The number of nitrogens with one attached hydrogen (secondary N) is 1. The molecule has 1 fully saturated rings. The monoisotopic (exact) mass is 202 g/mol. The minimum atomic E-state index is -1.17. The highest BCUT2D eigenvalue weighted by molar-refractivity contribution is 5.80. The number of aliphatic carboxylic acids is 1. The van der Waals surface area contributed by atoms with Gasteiger partial charge in [0.2, 0.25) is 0 Å². The summed E-state index contributed by atoms with van der Waals surface area (Å²) in [6.45, 7) is 2.86. The van der Waals surface area contributed by atoms with Crippen molar-refractivity contribution in [1.82, 2.24) is 10.2 Å². The van der Waals surface area contributed by atoms with Crippen LogP contribution in [0.5, 0.6) is 0 Å². The first-order chi connectivity index (χ1) is 6.56. The lowest BCUT2D eigenvalue weighted by atomic mass is 10.2. The maximum atomic E-state index is 10.7. The minimum Gasteiger partial charge on any atom is -0.480 e. The third-order valence-corrected chi connectivity index (χ3v) is 2.32. The van der Waals surface area contributed by atoms with Gasteiger partial charge in [-0.2, -0.15) is 0 Å². The topological polar surface area (TPSA) is 89.9 Å². The van der Waals surface area contributed by atoms with Crippen LogP contribution in [0.15, 0.2) is 0 Å². The predicted octanol–water partition coefficient (Wildman–Crippen LogP) is -0.199. The molecule has 0 spiro atoms. The van der Waals surface area contributed by atoms with Crippen molar-refractivity contribution in [2.45, 2.75) is 25.4 Å². The van der Waals surface area contributed by atoms with E-state index >= 15 is 0 Å². The van der Waals surface area contributed by atoms with Gasteiger partial charge in [-0.25, -0.2) is 9.59 Å². The Kier molecular flexibility index (Phi) is 3.29. The number of carboxylic acid groups (broad SMARTS) is 2. The molecular weight excluding hydrogens is 188 g/mol. The van der Waals surface area contributed by atoms with E-state index in [1.54, 1.807) is 0 Å². The molecule has 0 bridgehead atoms. The summed E-state index contributed by atoms with van der Waals surface area (Å²) < 4.78 is 0. The summed E-state index contributed by atoms with van der Waals surface area (Å²) in [6, 6.07) is -0.950. The zero-order valence-electron chi connectivity index (χ0n) is 7.93. The predicted molar refractivity (Wildman–Crippen MR) is 48.2 cm³/mol. The van der Waals surface area contributed by atoms with E-state index in [0.717, 1.165) is 4.90 Å². The Hall–Kier alpha value is -1.30. The molecule has 1 saturated heterocycles. The summed E-state index contributed by atoms with van der Waals surface area (Å²) in [4.78, 5) is 22.4. The average Bonchev–Trinajstić information content (AvgIpc) is 2.49. The van der Waals surface area contributed by atoms with Crippen molar-refractivity contribution >= 4 is 12.1 Å². The fourth-order valence-corrected chi connectivity index (χ4v) is 1.72. The molecule has 1 aliphatic rings. The van der Waals surface area contributed by atoms with Gasteiger partial charge in [0.05, 0.1) is 0 Å². The van der Waals surface area contributed by atoms with Crippen molar-refractivity contribution in [2.24, 2.45) is 0 Å². The van der Waals surface area contributed by atoms with E-state index in [1.165, 1.54) is 0 Å². The molecular formula is C8H14N2O4. The normalized spacial score (nSPS) is 26.5. The van der Waals surface area contributed by atoms with Crippen molar-refractivity contribution in [3.8, 4) is 0 Å². The van der Waals surface area contributed by atoms with Crippen LogP contribution in [-0.4, -0.2) is 52.3 Å². The van der Waals surface area contributed by atoms with Gasteiger partial charge in [-0.05, 0) is 13.0 Å². The van der Waals surface area contributed by atoms with Gasteiger partial charge >= 0.3 is 12.1 Å². The second-order valence-corrected chi connectivity index (χ2v) is 3.28. The van der Waals surface area contributed by atoms with E-state index in [1.807, 2.05) is 6.92 Å². The number of carbonyl (C=O) groups is 2. The Bertz CT molecular complexity index is 221.